The SMILES string of the molecule is CSc1sc(-c2ccnc(Nc3cccc(OCCCN4CCC(CO)CC4)c3)n2)c(C2CCCCC2)c1C#N. The van der Waals surface area contributed by atoms with Crippen LogP contribution in [0.15, 0.2) is 40.7 Å². The summed E-state index contributed by atoms with van der Waals surface area (Å²) in [6, 6.07) is 12.4. The van der Waals surface area contributed by atoms with Crippen LogP contribution in [0.3, 0.4) is 0 Å². The molecular weight excluding hydrogens is 539 g/mol. The van der Waals surface area contributed by atoms with Crippen LogP contribution in [-0.4, -0.2) is 59.1 Å². The molecule has 7 nitrogen and oxygen atoms in total. The van der Waals surface area contributed by atoms with Crippen molar-refractivity contribution in [2.24, 2.45) is 5.92 Å². The molecule has 1 aliphatic heterocycles. The third-order valence-electron chi connectivity index (χ3n) is 8.05. The van der Waals surface area contributed by atoms with Crippen LogP contribution in [0.25, 0.3) is 10.6 Å². The number of aliphatic hydroxyl groups excluding tert-OH is 1. The van der Waals surface area contributed by atoms with Gasteiger partial charge in [0.15, 0.2) is 0 Å². The normalized spacial score (nSPS) is 17.0. The summed E-state index contributed by atoms with van der Waals surface area (Å²) in [6.45, 7) is 4.12. The highest BCUT2D eigenvalue weighted by molar-refractivity contribution is 8.00. The summed E-state index contributed by atoms with van der Waals surface area (Å²) in [5.41, 5.74) is 3.78. The number of aliphatic hydroxyl groups is 1. The number of ether oxygens (including phenoxy) is 1. The first kappa shape index (κ1) is 28.9. The van der Waals surface area contributed by atoms with Crippen LogP contribution in [0.1, 0.15) is 68.4 Å². The van der Waals surface area contributed by atoms with Gasteiger partial charge in [0.25, 0.3) is 0 Å². The van der Waals surface area contributed by atoms with Gasteiger partial charge in [-0.1, -0.05) is 25.3 Å². The van der Waals surface area contributed by atoms with E-state index < -0.39 is 0 Å². The van der Waals surface area contributed by atoms with Crippen molar-refractivity contribution in [1.29, 1.82) is 5.26 Å². The highest BCUT2D eigenvalue weighted by Gasteiger charge is 2.28. The summed E-state index contributed by atoms with van der Waals surface area (Å²) in [7, 11) is 0. The van der Waals surface area contributed by atoms with Crippen LogP contribution in [0.2, 0.25) is 0 Å². The summed E-state index contributed by atoms with van der Waals surface area (Å²) in [5, 5.41) is 22.7. The summed E-state index contributed by atoms with van der Waals surface area (Å²) in [5.74, 6) is 2.25. The molecule has 212 valence electrons. The van der Waals surface area contributed by atoms with Gasteiger partial charge in [0, 0.05) is 31.1 Å². The maximum Gasteiger partial charge on any atom is 0.227 e. The van der Waals surface area contributed by atoms with Gasteiger partial charge in [0.1, 0.15) is 11.8 Å². The summed E-state index contributed by atoms with van der Waals surface area (Å²) < 4.78 is 7.13. The second-order valence-electron chi connectivity index (χ2n) is 10.7. The predicted octanol–water partition coefficient (Wildman–Crippen LogP) is 7.06. The first-order chi connectivity index (χ1) is 19.7. The van der Waals surface area contributed by atoms with Crippen LogP contribution in [0.4, 0.5) is 11.6 Å². The van der Waals surface area contributed by atoms with E-state index in [4.69, 9.17) is 9.72 Å². The van der Waals surface area contributed by atoms with Crippen LogP contribution >= 0.6 is 23.1 Å². The van der Waals surface area contributed by atoms with Gasteiger partial charge < -0.3 is 20.1 Å². The molecule has 0 bridgehead atoms. The number of thioether (sulfide) groups is 1. The molecule has 2 aromatic heterocycles. The Balaban J connectivity index is 1.23. The quantitative estimate of drug-likeness (QED) is 0.185. The smallest absolute Gasteiger partial charge is 0.227 e. The summed E-state index contributed by atoms with van der Waals surface area (Å²) >= 11 is 3.34. The number of nitrogens with one attached hydrogen (secondary N) is 1. The monoisotopic (exact) mass is 577 g/mol. The molecule has 2 N–H and O–H groups in total. The number of benzene rings is 1. The van der Waals surface area contributed by atoms with E-state index in [-0.39, 0.29) is 0 Å². The van der Waals surface area contributed by atoms with Gasteiger partial charge in [-0.25, -0.2) is 9.97 Å². The molecular formula is C31H39N5O2S2. The molecule has 2 fully saturated rings. The molecule has 3 aromatic rings. The number of likely N-dealkylation sites (tertiary alicyclic amines) is 1. The van der Waals surface area contributed by atoms with Gasteiger partial charge in [-0.3, -0.25) is 0 Å². The second kappa shape index (κ2) is 14.3. The van der Waals surface area contributed by atoms with E-state index in [9.17, 15) is 10.4 Å². The Bertz CT molecular complexity index is 1290. The van der Waals surface area contributed by atoms with Gasteiger partial charge in [0.2, 0.25) is 5.95 Å². The highest BCUT2D eigenvalue weighted by Crippen LogP contribution is 2.47. The minimum Gasteiger partial charge on any atom is -0.493 e. The number of aromatic nitrogens is 2. The minimum absolute atomic E-state index is 0.313. The molecule has 3 heterocycles. The van der Waals surface area contributed by atoms with Crippen molar-refractivity contribution in [3.05, 3.63) is 47.7 Å². The minimum atomic E-state index is 0.313. The zero-order valence-electron chi connectivity index (χ0n) is 23.3. The zero-order chi connectivity index (χ0) is 27.7. The van der Waals surface area contributed by atoms with Crippen LogP contribution < -0.4 is 10.1 Å². The molecule has 2 aliphatic rings. The fourth-order valence-electron chi connectivity index (χ4n) is 5.85. The molecule has 9 heteroatoms. The van der Waals surface area contributed by atoms with Crippen LogP contribution in [0, 0.1) is 17.2 Å². The average molecular weight is 578 g/mol. The number of nitrogens with zero attached hydrogens (tertiary/aromatic N) is 4. The lowest BCUT2D eigenvalue weighted by molar-refractivity contribution is 0.126. The fourth-order valence-corrected chi connectivity index (χ4v) is 7.83. The molecule has 1 aliphatic carbocycles. The van der Waals surface area contributed by atoms with Gasteiger partial charge in [0.05, 0.1) is 27.0 Å². The number of hydrogen-bond acceptors (Lipinski definition) is 9. The Labute approximate surface area is 246 Å². The van der Waals surface area contributed by atoms with E-state index in [1.54, 1.807) is 29.3 Å². The van der Waals surface area contributed by atoms with E-state index in [2.05, 4.69) is 21.3 Å². The molecule has 0 unspecified atom stereocenters. The number of rotatable bonds is 11. The first-order valence-corrected chi connectivity index (χ1v) is 16.5. The Hall–Kier alpha value is -2.64. The van der Waals surface area contributed by atoms with Crippen molar-refractivity contribution in [2.75, 3.05) is 44.4 Å². The lowest BCUT2D eigenvalue weighted by atomic mass is 9.82. The average Bonchev–Trinajstić information content (AvgIpc) is 3.39. The maximum absolute atomic E-state index is 10.0. The summed E-state index contributed by atoms with van der Waals surface area (Å²) in [6.07, 6.45) is 13.0. The van der Waals surface area contributed by atoms with Gasteiger partial charge in [-0.15, -0.1) is 23.1 Å². The van der Waals surface area contributed by atoms with Crippen LogP contribution in [-0.2, 0) is 0 Å². The second-order valence-corrected chi connectivity index (χ2v) is 12.8. The van der Waals surface area contributed by atoms with Crippen molar-refractivity contribution in [3.8, 4) is 22.4 Å². The van der Waals surface area contributed by atoms with Gasteiger partial charge in [-0.05, 0) is 87.0 Å². The highest BCUT2D eigenvalue weighted by atomic mass is 32.2. The zero-order valence-corrected chi connectivity index (χ0v) is 24.9. The Kier molecular flexibility index (Phi) is 10.3. The number of anilines is 2. The van der Waals surface area contributed by atoms with Crippen LogP contribution in [0.5, 0.6) is 5.75 Å². The number of thiophene rings is 1. The summed E-state index contributed by atoms with van der Waals surface area (Å²) in [4.78, 5) is 13.0. The Morgan fingerprint density at radius 1 is 1.18 bits per heavy atom. The molecule has 5 rings (SSSR count). The van der Waals surface area contributed by atoms with Gasteiger partial charge >= 0.3 is 0 Å². The fraction of sp³-hybridized carbons (Fsp3) is 0.516. The van der Waals surface area contributed by atoms with Crippen molar-refractivity contribution in [2.45, 2.75) is 61.5 Å². The molecule has 40 heavy (non-hydrogen) atoms. The van der Waals surface area contributed by atoms with Crippen molar-refractivity contribution < 1.29 is 9.84 Å². The molecule has 0 radical (unpaired) electrons. The standard InChI is InChI=1S/C31H39N5O2S2/c1-39-30-26(20-32)28(23-7-3-2-4-8-23)29(40-30)27-11-14-33-31(35-27)34-24-9-5-10-25(19-24)38-18-6-15-36-16-12-22(21-37)13-17-36/h5,9-11,14,19,22-23,37H,2-4,6-8,12-13,15-18,21H2,1H3,(H,33,34,35). The topological polar surface area (TPSA) is 94.3 Å². The maximum atomic E-state index is 10.0. The lowest BCUT2D eigenvalue weighted by Crippen LogP contribution is -2.35. The molecule has 1 saturated carbocycles. The van der Waals surface area contributed by atoms with Gasteiger partial charge in [-0.2, -0.15) is 5.26 Å². The van der Waals surface area contributed by atoms with E-state index in [1.807, 2.05) is 36.6 Å². The van der Waals surface area contributed by atoms with E-state index in [1.165, 1.54) is 24.8 Å². The lowest BCUT2D eigenvalue weighted by Gasteiger charge is -2.30. The van der Waals surface area contributed by atoms with Crippen molar-refractivity contribution in [1.82, 2.24) is 14.9 Å². The van der Waals surface area contributed by atoms with E-state index >= 15 is 0 Å². The van der Waals surface area contributed by atoms with E-state index in [0.717, 1.165) is 83.5 Å². The van der Waals surface area contributed by atoms with Crippen molar-refractivity contribution >= 4 is 34.7 Å². The largest absolute Gasteiger partial charge is 0.493 e. The third kappa shape index (κ3) is 7.16. The number of hydrogen-bond donors (Lipinski definition) is 2. The predicted molar refractivity (Wildman–Crippen MR) is 164 cm³/mol. The number of nitriles is 1. The molecule has 0 amide bonds. The molecule has 1 aromatic carbocycles. The molecule has 0 atom stereocenters. The first-order valence-electron chi connectivity index (χ1n) is 14.5. The molecule has 0 spiro atoms. The molecule has 1 saturated heterocycles. The Morgan fingerprint density at radius 3 is 2.75 bits per heavy atom. The van der Waals surface area contributed by atoms with E-state index in [0.29, 0.717) is 31.0 Å². The Morgan fingerprint density at radius 2 is 2.00 bits per heavy atom. The number of piperidine rings is 1. The van der Waals surface area contributed by atoms with Crippen molar-refractivity contribution in [3.63, 3.8) is 0 Å². The third-order valence-corrected chi connectivity index (χ3v) is 10.4.